The van der Waals surface area contributed by atoms with Gasteiger partial charge in [-0.05, 0) is 37.3 Å². The topological polar surface area (TPSA) is 111 Å². The molecule has 2 aliphatic heterocycles. The normalized spacial score (nSPS) is 25.0. The molecule has 2 atom stereocenters. The highest BCUT2D eigenvalue weighted by Crippen LogP contribution is 2.48. The summed E-state index contributed by atoms with van der Waals surface area (Å²) in [7, 11) is 0. The van der Waals surface area contributed by atoms with Crippen LogP contribution in [0.25, 0.3) is 22.4 Å². The minimum absolute atomic E-state index is 0.0602. The quantitative estimate of drug-likeness (QED) is 0.463. The Hall–Kier alpha value is -3.31. The summed E-state index contributed by atoms with van der Waals surface area (Å²) in [5.41, 5.74) is 9.41. The summed E-state index contributed by atoms with van der Waals surface area (Å²) in [6.07, 6.45) is 7.51. The number of nitrogens with one attached hydrogen (secondary N) is 1. The van der Waals surface area contributed by atoms with E-state index in [-0.39, 0.29) is 11.6 Å². The monoisotopic (exact) mass is 463 g/mol. The van der Waals surface area contributed by atoms with Crippen molar-refractivity contribution in [1.29, 1.82) is 0 Å². The average Bonchev–Trinajstić information content (AvgIpc) is 3.36. The van der Waals surface area contributed by atoms with Gasteiger partial charge in [-0.3, -0.25) is 4.90 Å². The molecular formula is C23H26FN9O. The molecular weight excluding hydrogens is 437 g/mol. The molecule has 176 valence electrons. The van der Waals surface area contributed by atoms with Crippen LogP contribution in [-0.4, -0.2) is 78.2 Å². The van der Waals surface area contributed by atoms with E-state index in [0.717, 1.165) is 36.7 Å². The zero-order valence-corrected chi connectivity index (χ0v) is 18.6. The van der Waals surface area contributed by atoms with Gasteiger partial charge in [-0.1, -0.05) is 0 Å². The van der Waals surface area contributed by atoms with Crippen LogP contribution in [0.15, 0.2) is 36.8 Å². The number of halogens is 1. The molecule has 34 heavy (non-hydrogen) atoms. The lowest BCUT2D eigenvalue weighted by molar-refractivity contribution is -0.163. The molecule has 0 bridgehead atoms. The first-order valence-electron chi connectivity index (χ1n) is 11.8. The van der Waals surface area contributed by atoms with Crippen molar-refractivity contribution in [3.63, 3.8) is 0 Å². The molecule has 10 nitrogen and oxygen atoms in total. The van der Waals surface area contributed by atoms with Gasteiger partial charge in [0.15, 0.2) is 11.5 Å². The van der Waals surface area contributed by atoms with Gasteiger partial charge in [-0.2, -0.15) is 10.1 Å². The Balaban J connectivity index is 1.12. The molecule has 0 unspecified atom stereocenters. The van der Waals surface area contributed by atoms with Gasteiger partial charge in [0.1, 0.15) is 11.7 Å². The third kappa shape index (κ3) is 3.07. The standard InChI is InChI=1S/C23H26FN9O/c24-16-11-31(23(12-34-13-23)14-1-2-14)8-5-18(16)28-22-29-21(25)20-15(4-9-33(20)30-22)17-6-10-32-19(27-17)3-7-26-32/h3-4,6-7,9-10,14,16,18H,1-2,5,8,11-13H2,(H3,25,28,29,30)/t16-,18+/m1/s1. The fourth-order valence-corrected chi connectivity index (χ4v) is 5.53. The maximum Gasteiger partial charge on any atom is 0.243 e. The first kappa shape index (κ1) is 20.1. The Morgan fingerprint density at radius 1 is 1.09 bits per heavy atom. The maximum absolute atomic E-state index is 15.2. The molecule has 1 saturated carbocycles. The smallest absolute Gasteiger partial charge is 0.243 e. The van der Waals surface area contributed by atoms with E-state index in [1.54, 1.807) is 15.2 Å². The zero-order valence-electron chi connectivity index (χ0n) is 18.6. The second-order valence-electron chi connectivity index (χ2n) is 9.66. The summed E-state index contributed by atoms with van der Waals surface area (Å²) in [5.74, 6) is 1.31. The maximum atomic E-state index is 15.2. The van der Waals surface area contributed by atoms with Crippen LogP contribution in [-0.2, 0) is 4.74 Å². The van der Waals surface area contributed by atoms with Crippen LogP contribution in [0.2, 0.25) is 0 Å². The van der Waals surface area contributed by atoms with Gasteiger partial charge in [0, 0.05) is 37.1 Å². The second-order valence-corrected chi connectivity index (χ2v) is 9.66. The third-order valence-corrected chi connectivity index (χ3v) is 7.60. The number of hydrogen-bond acceptors (Lipinski definition) is 8. The van der Waals surface area contributed by atoms with Gasteiger partial charge in [-0.15, -0.1) is 5.10 Å². The predicted molar refractivity (Wildman–Crippen MR) is 124 cm³/mol. The number of piperidine rings is 1. The predicted octanol–water partition coefficient (Wildman–Crippen LogP) is 2.02. The van der Waals surface area contributed by atoms with Crippen molar-refractivity contribution in [2.24, 2.45) is 5.92 Å². The van der Waals surface area contributed by atoms with Crippen molar-refractivity contribution >= 4 is 22.9 Å². The van der Waals surface area contributed by atoms with Crippen molar-refractivity contribution in [1.82, 2.24) is 34.1 Å². The van der Waals surface area contributed by atoms with Gasteiger partial charge >= 0.3 is 0 Å². The van der Waals surface area contributed by atoms with Crippen molar-refractivity contribution in [2.75, 3.05) is 37.4 Å². The molecule has 0 radical (unpaired) electrons. The minimum atomic E-state index is -1.02. The van der Waals surface area contributed by atoms with E-state index in [4.69, 9.17) is 10.5 Å². The van der Waals surface area contributed by atoms with E-state index in [1.165, 1.54) is 12.8 Å². The molecule has 1 aliphatic carbocycles. The van der Waals surface area contributed by atoms with Crippen LogP contribution >= 0.6 is 0 Å². The van der Waals surface area contributed by atoms with Crippen molar-refractivity contribution in [3.05, 3.63) is 36.8 Å². The fourth-order valence-electron chi connectivity index (χ4n) is 5.53. The van der Waals surface area contributed by atoms with E-state index in [2.05, 4.69) is 30.4 Å². The van der Waals surface area contributed by atoms with Crippen molar-refractivity contribution in [2.45, 2.75) is 37.0 Å². The molecule has 11 heteroatoms. The van der Waals surface area contributed by atoms with Crippen LogP contribution in [0.1, 0.15) is 19.3 Å². The van der Waals surface area contributed by atoms with Crippen LogP contribution in [0.3, 0.4) is 0 Å². The van der Waals surface area contributed by atoms with E-state index in [9.17, 15) is 0 Å². The summed E-state index contributed by atoms with van der Waals surface area (Å²) in [4.78, 5) is 11.4. The first-order chi connectivity index (χ1) is 16.6. The number of rotatable bonds is 5. The number of nitrogen functional groups attached to an aromatic ring is 1. The van der Waals surface area contributed by atoms with Crippen molar-refractivity contribution in [3.8, 4) is 11.3 Å². The Morgan fingerprint density at radius 3 is 2.71 bits per heavy atom. The van der Waals surface area contributed by atoms with Crippen LogP contribution in [0.5, 0.6) is 0 Å². The Kier molecular flexibility index (Phi) is 4.34. The lowest BCUT2D eigenvalue weighted by Gasteiger charge is -2.53. The molecule has 7 rings (SSSR count). The molecule has 3 fully saturated rings. The number of nitrogens with zero attached hydrogens (tertiary/aromatic N) is 7. The molecule has 6 heterocycles. The van der Waals surface area contributed by atoms with E-state index in [1.807, 2.05) is 30.6 Å². The number of likely N-dealkylation sites (tertiary alicyclic amines) is 1. The number of nitrogens with two attached hydrogens (primary N) is 1. The number of alkyl halides is 1. The average molecular weight is 464 g/mol. The summed E-state index contributed by atoms with van der Waals surface area (Å²) in [6, 6.07) is 5.27. The van der Waals surface area contributed by atoms with Crippen LogP contribution < -0.4 is 11.1 Å². The van der Waals surface area contributed by atoms with Gasteiger partial charge < -0.3 is 15.8 Å². The Labute approximate surface area is 194 Å². The van der Waals surface area contributed by atoms with Gasteiger partial charge in [0.05, 0.1) is 36.7 Å². The minimum Gasteiger partial charge on any atom is -0.382 e. The highest BCUT2D eigenvalue weighted by molar-refractivity contribution is 5.86. The molecule has 4 aromatic rings. The molecule has 4 aromatic heterocycles. The summed E-state index contributed by atoms with van der Waals surface area (Å²) in [6.45, 7) is 2.72. The summed E-state index contributed by atoms with van der Waals surface area (Å²) in [5, 5.41) is 12.0. The third-order valence-electron chi connectivity index (χ3n) is 7.60. The molecule has 3 aliphatic rings. The molecule has 0 aromatic carbocycles. The highest BCUT2D eigenvalue weighted by Gasteiger charge is 2.55. The molecule has 3 N–H and O–H groups in total. The number of aromatic nitrogens is 6. The number of ether oxygens (including phenoxy) is 1. The van der Waals surface area contributed by atoms with E-state index < -0.39 is 6.17 Å². The lowest BCUT2D eigenvalue weighted by Crippen LogP contribution is -2.67. The van der Waals surface area contributed by atoms with E-state index >= 15 is 4.39 Å². The van der Waals surface area contributed by atoms with Gasteiger partial charge in [0.25, 0.3) is 0 Å². The second kappa shape index (κ2) is 7.34. The SMILES string of the molecule is Nc1nc(N[C@H]2CCN(C3(C4CC4)COC3)C[C@H]2F)nn2ccc(-c3ccn4nccc4n3)c12. The van der Waals surface area contributed by atoms with Crippen molar-refractivity contribution < 1.29 is 9.13 Å². The number of fused-ring (bicyclic) bond motifs is 2. The summed E-state index contributed by atoms with van der Waals surface area (Å²) >= 11 is 0. The van der Waals surface area contributed by atoms with Gasteiger partial charge in [-0.25, -0.2) is 18.4 Å². The zero-order chi connectivity index (χ0) is 22.9. The number of hydrogen-bond donors (Lipinski definition) is 2. The van der Waals surface area contributed by atoms with Crippen LogP contribution in [0.4, 0.5) is 16.2 Å². The Bertz CT molecular complexity index is 1380. The Morgan fingerprint density at radius 2 is 1.94 bits per heavy atom. The largest absolute Gasteiger partial charge is 0.382 e. The first-order valence-corrected chi connectivity index (χ1v) is 11.8. The molecule has 0 spiro atoms. The lowest BCUT2D eigenvalue weighted by atomic mass is 9.86. The number of anilines is 2. The highest BCUT2D eigenvalue weighted by atomic mass is 19.1. The van der Waals surface area contributed by atoms with E-state index in [0.29, 0.717) is 36.2 Å². The molecule has 0 amide bonds. The van der Waals surface area contributed by atoms with Gasteiger partial charge in [0.2, 0.25) is 5.95 Å². The fraction of sp³-hybridized carbons (Fsp3) is 0.478. The van der Waals surface area contributed by atoms with Crippen LogP contribution in [0, 0.1) is 5.92 Å². The molecule has 2 saturated heterocycles. The summed E-state index contributed by atoms with van der Waals surface area (Å²) < 4.78 is 24.2.